The average molecular weight is 480 g/mol. The first-order valence-electron chi connectivity index (χ1n) is 11.2. The summed E-state index contributed by atoms with van der Waals surface area (Å²) in [4.78, 5) is 17.5. The number of para-hydroxylation sites is 1. The van der Waals surface area contributed by atoms with E-state index in [2.05, 4.69) is 10.3 Å². The molecule has 3 aromatic carbocycles. The Kier molecular flexibility index (Phi) is 5.88. The van der Waals surface area contributed by atoms with Crippen LogP contribution in [0.25, 0.3) is 22.0 Å². The zero-order chi connectivity index (χ0) is 24.7. The maximum atomic E-state index is 14.8. The quantitative estimate of drug-likeness (QED) is 0.267. The molecule has 35 heavy (non-hydrogen) atoms. The van der Waals surface area contributed by atoms with Gasteiger partial charge in [0.05, 0.1) is 29.9 Å². The van der Waals surface area contributed by atoms with Crippen LogP contribution in [-0.4, -0.2) is 17.5 Å². The molecule has 0 bridgehead atoms. The number of rotatable bonds is 4. The normalized spacial score (nSPS) is 14.9. The molecule has 1 N–H and O–H groups in total. The predicted octanol–water partition coefficient (Wildman–Crippen LogP) is 6.53. The molecule has 1 aromatic heterocycles. The number of amides is 1. The van der Waals surface area contributed by atoms with Crippen molar-refractivity contribution in [1.82, 2.24) is 4.98 Å². The fourth-order valence-corrected chi connectivity index (χ4v) is 4.61. The van der Waals surface area contributed by atoms with E-state index in [1.165, 1.54) is 12.3 Å². The Morgan fingerprint density at radius 2 is 1.89 bits per heavy atom. The molecule has 1 unspecified atom stereocenters. The van der Waals surface area contributed by atoms with Gasteiger partial charge in [0.15, 0.2) is 11.6 Å². The first kappa shape index (κ1) is 22.8. The summed E-state index contributed by atoms with van der Waals surface area (Å²) in [5, 5.41) is 3.37. The molecule has 8 heteroatoms. The summed E-state index contributed by atoms with van der Waals surface area (Å²) in [5.41, 5.74) is 0.996. The summed E-state index contributed by atoms with van der Waals surface area (Å²) in [7, 11) is 0. The zero-order valence-corrected chi connectivity index (χ0v) is 18.7. The van der Waals surface area contributed by atoms with Crippen molar-refractivity contribution in [2.75, 3.05) is 11.9 Å². The first-order chi connectivity index (χ1) is 16.9. The van der Waals surface area contributed by atoms with E-state index in [1.807, 2.05) is 31.2 Å². The highest BCUT2D eigenvalue weighted by molar-refractivity contribution is 6.02. The van der Waals surface area contributed by atoms with Gasteiger partial charge < -0.3 is 10.1 Å². The van der Waals surface area contributed by atoms with Crippen molar-refractivity contribution in [3.63, 3.8) is 0 Å². The minimum atomic E-state index is -1.42. The third-order valence-corrected chi connectivity index (χ3v) is 6.25. The van der Waals surface area contributed by atoms with Crippen molar-refractivity contribution in [3.8, 4) is 16.9 Å². The monoisotopic (exact) mass is 480 g/mol. The SMILES string of the molecule is CCc1c(NC(=O)C2CCOc3ccccc32)cnc2c(-c3cc(F)cc(F)c3F)c(F)ccc12. The third-order valence-electron chi connectivity index (χ3n) is 6.25. The van der Waals surface area contributed by atoms with E-state index in [9.17, 15) is 22.4 Å². The highest BCUT2D eigenvalue weighted by Gasteiger charge is 2.28. The lowest BCUT2D eigenvalue weighted by molar-refractivity contribution is -0.118. The molecule has 0 radical (unpaired) electrons. The van der Waals surface area contributed by atoms with E-state index in [0.717, 1.165) is 17.7 Å². The Hall–Kier alpha value is -3.94. The van der Waals surface area contributed by atoms with Crippen LogP contribution in [0.2, 0.25) is 0 Å². The minimum Gasteiger partial charge on any atom is -0.493 e. The van der Waals surface area contributed by atoms with Gasteiger partial charge in [0.2, 0.25) is 5.91 Å². The van der Waals surface area contributed by atoms with E-state index >= 15 is 0 Å². The topological polar surface area (TPSA) is 51.2 Å². The number of carbonyl (C=O) groups excluding carboxylic acids is 1. The lowest BCUT2D eigenvalue weighted by Gasteiger charge is -2.25. The third kappa shape index (κ3) is 3.99. The first-order valence-corrected chi connectivity index (χ1v) is 11.2. The van der Waals surface area contributed by atoms with Crippen molar-refractivity contribution in [3.05, 3.63) is 89.1 Å². The average Bonchev–Trinajstić information content (AvgIpc) is 2.86. The number of nitrogens with zero attached hydrogens (tertiary/aromatic N) is 1. The van der Waals surface area contributed by atoms with E-state index < -0.39 is 34.8 Å². The van der Waals surface area contributed by atoms with E-state index in [4.69, 9.17) is 4.74 Å². The second kappa shape index (κ2) is 9.02. The predicted molar refractivity (Wildman–Crippen MR) is 124 cm³/mol. The molecule has 5 rings (SSSR count). The molecule has 0 spiro atoms. The number of hydrogen-bond acceptors (Lipinski definition) is 3. The van der Waals surface area contributed by atoms with Crippen LogP contribution in [0.5, 0.6) is 5.75 Å². The molecule has 0 fully saturated rings. The molecule has 1 aliphatic heterocycles. The van der Waals surface area contributed by atoms with Gasteiger partial charge in [-0.25, -0.2) is 17.6 Å². The van der Waals surface area contributed by atoms with Crippen molar-refractivity contribution in [2.45, 2.75) is 25.7 Å². The van der Waals surface area contributed by atoms with Crippen molar-refractivity contribution >= 4 is 22.5 Å². The number of anilines is 1. The van der Waals surface area contributed by atoms with Crippen LogP contribution in [0.15, 0.2) is 54.7 Å². The molecule has 178 valence electrons. The number of ether oxygens (including phenoxy) is 1. The molecule has 1 atom stereocenters. The molecule has 4 aromatic rings. The van der Waals surface area contributed by atoms with Crippen LogP contribution in [0.3, 0.4) is 0 Å². The van der Waals surface area contributed by atoms with Crippen molar-refractivity contribution < 1.29 is 27.1 Å². The van der Waals surface area contributed by atoms with Crippen LogP contribution < -0.4 is 10.1 Å². The van der Waals surface area contributed by atoms with E-state index in [1.54, 1.807) is 0 Å². The lowest BCUT2D eigenvalue weighted by atomic mass is 9.92. The fraction of sp³-hybridized carbons (Fsp3) is 0.185. The second-order valence-corrected chi connectivity index (χ2v) is 8.29. The van der Waals surface area contributed by atoms with Crippen molar-refractivity contribution in [1.29, 1.82) is 0 Å². The Morgan fingerprint density at radius 3 is 2.69 bits per heavy atom. The van der Waals surface area contributed by atoms with Gasteiger partial charge in [0.25, 0.3) is 0 Å². The van der Waals surface area contributed by atoms with Gasteiger partial charge in [0.1, 0.15) is 17.4 Å². The number of nitrogens with one attached hydrogen (secondary N) is 1. The van der Waals surface area contributed by atoms with Crippen molar-refractivity contribution in [2.24, 2.45) is 0 Å². The number of hydrogen-bond donors (Lipinski definition) is 1. The maximum Gasteiger partial charge on any atom is 0.232 e. The summed E-state index contributed by atoms with van der Waals surface area (Å²) in [6, 6.07) is 11.0. The summed E-state index contributed by atoms with van der Waals surface area (Å²) >= 11 is 0. The van der Waals surface area contributed by atoms with Crippen LogP contribution in [0.1, 0.15) is 30.4 Å². The summed E-state index contributed by atoms with van der Waals surface area (Å²) in [6.07, 6.45) is 2.30. The molecule has 2 heterocycles. The Balaban J connectivity index is 1.59. The lowest BCUT2D eigenvalue weighted by Crippen LogP contribution is -2.27. The molecular weight excluding hydrogens is 460 g/mol. The number of fused-ring (bicyclic) bond motifs is 2. The minimum absolute atomic E-state index is 0.0418. The van der Waals surface area contributed by atoms with Crippen LogP contribution in [0.4, 0.5) is 23.2 Å². The number of carbonyl (C=O) groups is 1. The largest absolute Gasteiger partial charge is 0.493 e. The van der Waals surface area contributed by atoms with Gasteiger partial charge in [-0.2, -0.15) is 0 Å². The molecule has 0 saturated heterocycles. The van der Waals surface area contributed by atoms with E-state index in [-0.39, 0.29) is 17.0 Å². The smallest absolute Gasteiger partial charge is 0.232 e. The van der Waals surface area contributed by atoms with Gasteiger partial charge in [-0.15, -0.1) is 0 Å². The van der Waals surface area contributed by atoms with Gasteiger partial charge in [-0.3, -0.25) is 9.78 Å². The summed E-state index contributed by atoms with van der Waals surface area (Å²) < 4.78 is 62.7. The van der Waals surface area contributed by atoms with Gasteiger partial charge in [-0.1, -0.05) is 25.1 Å². The molecule has 1 aliphatic rings. The highest BCUT2D eigenvalue weighted by Crippen LogP contribution is 2.38. The second-order valence-electron chi connectivity index (χ2n) is 8.29. The zero-order valence-electron chi connectivity index (χ0n) is 18.7. The Labute approximate surface area is 198 Å². The number of pyridine rings is 1. The number of halogens is 4. The summed E-state index contributed by atoms with van der Waals surface area (Å²) in [6.45, 7) is 2.25. The summed E-state index contributed by atoms with van der Waals surface area (Å²) in [5.74, 6) is -4.69. The van der Waals surface area contributed by atoms with E-state index in [0.29, 0.717) is 47.9 Å². The standard InChI is InChI=1S/C27H20F4N2O2/c1-2-15-17-7-8-20(29)24(19-11-14(28)12-21(30)25(19)31)26(17)32-13-22(15)33-27(34)18-9-10-35-23-6-4-3-5-16(18)23/h3-8,11-13,18H,2,9-10H2,1H3,(H,33,34). The Bertz CT molecular complexity index is 1470. The fourth-order valence-electron chi connectivity index (χ4n) is 4.61. The molecule has 1 amide bonds. The molecule has 0 aliphatic carbocycles. The Morgan fingerprint density at radius 1 is 1.09 bits per heavy atom. The maximum absolute atomic E-state index is 14.8. The highest BCUT2D eigenvalue weighted by atomic mass is 19.2. The number of aryl methyl sites for hydroxylation is 1. The van der Waals surface area contributed by atoms with Crippen LogP contribution in [-0.2, 0) is 11.2 Å². The van der Waals surface area contributed by atoms with Gasteiger partial charge in [-0.05, 0) is 42.7 Å². The number of aromatic nitrogens is 1. The van der Waals surface area contributed by atoms with Gasteiger partial charge >= 0.3 is 0 Å². The molecule has 4 nitrogen and oxygen atoms in total. The van der Waals surface area contributed by atoms with Gasteiger partial charge in [0, 0.05) is 28.1 Å². The molecule has 0 saturated carbocycles. The van der Waals surface area contributed by atoms with Crippen LogP contribution >= 0.6 is 0 Å². The number of benzene rings is 3. The van der Waals surface area contributed by atoms with Crippen LogP contribution in [0, 0.1) is 23.3 Å². The molecular formula is C27H20F4N2O2.